The van der Waals surface area contributed by atoms with E-state index in [0.29, 0.717) is 23.1 Å². The number of sulfonamides is 1. The first-order valence-electron chi connectivity index (χ1n) is 10.3. The third-order valence-electron chi connectivity index (χ3n) is 5.40. The Morgan fingerprint density at radius 1 is 1.09 bits per heavy atom. The lowest BCUT2D eigenvalue weighted by Crippen LogP contribution is -2.41. The lowest BCUT2D eigenvalue weighted by atomic mass is 9.92. The Hall–Kier alpha value is -3.04. The molecular formula is C23H27N5O3S. The summed E-state index contributed by atoms with van der Waals surface area (Å²) in [6, 6.07) is 7.43. The Kier molecular flexibility index (Phi) is 5.87. The van der Waals surface area contributed by atoms with Crippen LogP contribution in [0.3, 0.4) is 0 Å². The fraction of sp³-hybridized carbons (Fsp3) is 0.348. The van der Waals surface area contributed by atoms with Gasteiger partial charge in [0.05, 0.1) is 17.6 Å². The maximum absolute atomic E-state index is 11.9. The molecule has 0 radical (unpaired) electrons. The molecule has 0 atom stereocenters. The second-order valence-corrected chi connectivity index (χ2v) is 10.2. The van der Waals surface area contributed by atoms with Crippen LogP contribution in [0.1, 0.15) is 28.4 Å². The van der Waals surface area contributed by atoms with Gasteiger partial charge in [0.15, 0.2) is 5.75 Å². The van der Waals surface area contributed by atoms with Gasteiger partial charge in [-0.15, -0.1) is 0 Å². The summed E-state index contributed by atoms with van der Waals surface area (Å²) in [5, 5.41) is 0. The molecule has 4 heterocycles. The number of likely N-dealkylation sites (N-methyl/N-ethyl adjacent to an activating group) is 1. The summed E-state index contributed by atoms with van der Waals surface area (Å²) >= 11 is 0. The average Bonchev–Trinajstić information content (AvgIpc) is 2.68. The number of aromatic nitrogens is 3. The van der Waals surface area contributed by atoms with Gasteiger partial charge in [0.2, 0.25) is 15.9 Å². The van der Waals surface area contributed by atoms with Crippen LogP contribution in [0.2, 0.25) is 0 Å². The Labute approximate surface area is 188 Å². The fourth-order valence-corrected chi connectivity index (χ4v) is 4.50. The second-order valence-electron chi connectivity index (χ2n) is 8.45. The van der Waals surface area contributed by atoms with Gasteiger partial charge in [-0.1, -0.05) is 0 Å². The first-order chi connectivity index (χ1) is 15.1. The van der Waals surface area contributed by atoms with Crippen LogP contribution >= 0.6 is 0 Å². The van der Waals surface area contributed by atoms with Crippen LogP contribution in [0.4, 0.5) is 5.69 Å². The summed E-state index contributed by atoms with van der Waals surface area (Å²) in [5.74, 6) is 1.18. The molecule has 0 spiro atoms. The van der Waals surface area contributed by atoms with Crippen molar-refractivity contribution in [3.8, 4) is 22.9 Å². The third-order valence-corrected chi connectivity index (χ3v) is 5.99. The molecule has 0 aromatic carbocycles. The molecule has 0 saturated carbocycles. The molecule has 1 aliphatic rings. The van der Waals surface area contributed by atoms with Crippen molar-refractivity contribution >= 4 is 15.7 Å². The first kappa shape index (κ1) is 22.2. The Morgan fingerprint density at radius 2 is 1.84 bits per heavy atom. The number of pyridine rings is 3. The fourth-order valence-electron chi connectivity index (χ4n) is 3.95. The molecule has 1 N–H and O–H groups in total. The Bertz CT molecular complexity index is 1250. The van der Waals surface area contributed by atoms with Gasteiger partial charge >= 0.3 is 0 Å². The molecule has 8 nitrogen and oxygen atoms in total. The zero-order valence-electron chi connectivity index (χ0n) is 18.9. The highest BCUT2D eigenvalue weighted by molar-refractivity contribution is 7.92. The van der Waals surface area contributed by atoms with Gasteiger partial charge in [0.25, 0.3) is 0 Å². The van der Waals surface area contributed by atoms with Gasteiger partial charge in [0, 0.05) is 42.7 Å². The van der Waals surface area contributed by atoms with Crippen LogP contribution in [0, 0.1) is 20.8 Å². The molecule has 3 aromatic heterocycles. The van der Waals surface area contributed by atoms with Gasteiger partial charge in [0.1, 0.15) is 5.69 Å². The van der Waals surface area contributed by atoms with Gasteiger partial charge in [-0.05, 0) is 63.2 Å². The molecule has 1 aliphatic heterocycles. The predicted octanol–water partition coefficient (Wildman–Crippen LogP) is 3.66. The van der Waals surface area contributed by atoms with E-state index >= 15 is 0 Å². The summed E-state index contributed by atoms with van der Waals surface area (Å²) in [4.78, 5) is 15.8. The minimum absolute atomic E-state index is 0.165. The van der Waals surface area contributed by atoms with Crippen molar-refractivity contribution < 1.29 is 13.2 Å². The van der Waals surface area contributed by atoms with Crippen LogP contribution in [-0.2, 0) is 10.0 Å². The molecule has 168 valence electrons. The van der Waals surface area contributed by atoms with E-state index in [2.05, 4.69) is 37.7 Å². The van der Waals surface area contributed by atoms with E-state index in [4.69, 9.17) is 4.74 Å². The largest absolute Gasteiger partial charge is 0.435 e. The van der Waals surface area contributed by atoms with Crippen molar-refractivity contribution in [1.29, 1.82) is 0 Å². The van der Waals surface area contributed by atoms with Crippen LogP contribution in [-0.4, -0.2) is 54.7 Å². The van der Waals surface area contributed by atoms with Crippen molar-refractivity contribution in [1.82, 2.24) is 19.9 Å². The van der Waals surface area contributed by atoms with E-state index in [9.17, 15) is 8.42 Å². The van der Waals surface area contributed by atoms with Crippen molar-refractivity contribution in [2.75, 3.05) is 31.1 Å². The lowest BCUT2D eigenvalue weighted by Gasteiger charge is -2.36. The number of likely N-dealkylation sites (tertiary alicyclic amines) is 1. The molecule has 1 saturated heterocycles. The van der Waals surface area contributed by atoms with Crippen molar-refractivity contribution in [2.24, 2.45) is 0 Å². The number of aryl methyl sites for hydroxylation is 3. The standard InChI is InChI=1S/C23H27N5O3S/c1-14-8-15(2)25-16(3)22(14)31-23-21(27-32(5,29)30)7-6-20(26-23)18-9-17(10-24-11-18)19-12-28(4)13-19/h6-11,19,27H,12-13H2,1-5H3. The smallest absolute Gasteiger partial charge is 0.244 e. The van der Waals surface area contributed by atoms with E-state index < -0.39 is 10.0 Å². The molecule has 0 bridgehead atoms. The van der Waals surface area contributed by atoms with E-state index in [1.165, 1.54) is 0 Å². The van der Waals surface area contributed by atoms with E-state index in [-0.39, 0.29) is 11.6 Å². The molecule has 3 aromatic rings. The number of hydrogen-bond donors (Lipinski definition) is 1. The van der Waals surface area contributed by atoms with Gasteiger partial charge in [-0.25, -0.2) is 13.4 Å². The first-order valence-corrected chi connectivity index (χ1v) is 12.2. The molecule has 4 rings (SSSR count). The van der Waals surface area contributed by atoms with Crippen molar-refractivity contribution in [3.05, 3.63) is 59.2 Å². The minimum atomic E-state index is -3.52. The van der Waals surface area contributed by atoms with Crippen LogP contribution in [0.15, 0.2) is 36.7 Å². The topological polar surface area (TPSA) is 97.3 Å². The molecular weight excluding hydrogens is 426 g/mol. The summed E-state index contributed by atoms with van der Waals surface area (Å²) in [6.07, 6.45) is 4.74. The third kappa shape index (κ3) is 4.89. The number of hydrogen-bond acceptors (Lipinski definition) is 7. The summed E-state index contributed by atoms with van der Waals surface area (Å²) in [7, 11) is -1.42. The second kappa shape index (κ2) is 8.48. The lowest BCUT2D eigenvalue weighted by molar-refractivity contribution is 0.189. The normalized spacial score (nSPS) is 14.8. The monoisotopic (exact) mass is 453 g/mol. The van der Waals surface area contributed by atoms with E-state index in [1.807, 2.05) is 33.0 Å². The highest BCUT2D eigenvalue weighted by atomic mass is 32.2. The predicted molar refractivity (Wildman–Crippen MR) is 125 cm³/mol. The van der Waals surface area contributed by atoms with Crippen LogP contribution in [0.25, 0.3) is 11.3 Å². The summed E-state index contributed by atoms with van der Waals surface area (Å²) in [6.45, 7) is 7.70. The molecule has 9 heteroatoms. The number of anilines is 1. The highest BCUT2D eigenvalue weighted by Crippen LogP contribution is 2.35. The number of rotatable bonds is 6. The molecule has 0 amide bonds. The molecule has 0 aliphatic carbocycles. The summed E-state index contributed by atoms with van der Waals surface area (Å²) < 4.78 is 32.4. The van der Waals surface area contributed by atoms with Crippen LogP contribution in [0.5, 0.6) is 11.6 Å². The maximum atomic E-state index is 11.9. The van der Waals surface area contributed by atoms with Crippen LogP contribution < -0.4 is 9.46 Å². The van der Waals surface area contributed by atoms with Gasteiger partial charge in [-0.2, -0.15) is 0 Å². The number of nitrogens with one attached hydrogen (secondary N) is 1. The van der Waals surface area contributed by atoms with Gasteiger partial charge < -0.3 is 9.64 Å². The highest BCUT2D eigenvalue weighted by Gasteiger charge is 2.25. The number of nitrogens with zero attached hydrogens (tertiary/aromatic N) is 4. The van der Waals surface area contributed by atoms with E-state index in [1.54, 1.807) is 18.3 Å². The Balaban J connectivity index is 1.74. The zero-order valence-corrected chi connectivity index (χ0v) is 19.7. The molecule has 32 heavy (non-hydrogen) atoms. The van der Waals surface area contributed by atoms with Crippen molar-refractivity contribution in [3.63, 3.8) is 0 Å². The van der Waals surface area contributed by atoms with Crippen molar-refractivity contribution in [2.45, 2.75) is 26.7 Å². The quantitative estimate of drug-likeness (QED) is 0.608. The number of ether oxygens (including phenoxy) is 1. The summed E-state index contributed by atoms with van der Waals surface area (Å²) in [5.41, 5.74) is 5.41. The van der Waals surface area contributed by atoms with Gasteiger partial charge in [-0.3, -0.25) is 14.7 Å². The zero-order chi connectivity index (χ0) is 23.0. The molecule has 0 unspecified atom stereocenters. The average molecular weight is 454 g/mol. The minimum Gasteiger partial charge on any atom is -0.435 e. The SMILES string of the molecule is Cc1cc(C)c(Oc2nc(-c3cncc(C4CN(C)C4)c3)ccc2NS(C)(=O)=O)c(C)n1. The molecule has 1 fully saturated rings. The maximum Gasteiger partial charge on any atom is 0.244 e. The van der Waals surface area contributed by atoms with E-state index in [0.717, 1.165) is 41.7 Å². The Morgan fingerprint density at radius 3 is 2.50 bits per heavy atom.